The first-order valence-corrected chi connectivity index (χ1v) is 4.45. The molecule has 0 saturated heterocycles. The van der Waals surface area contributed by atoms with Gasteiger partial charge in [-0.25, -0.2) is 0 Å². The van der Waals surface area contributed by atoms with Gasteiger partial charge < -0.3 is 16.2 Å². The normalized spacial score (nSPS) is 12.5. The summed E-state index contributed by atoms with van der Waals surface area (Å²) < 4.78 is 5.35. The molecule has 0 aliphatic heterocycles. The Bertz CT molecular complexity index is 268. The Labute approximate surface area is 82.6 Å². The lowest BCUT2D eigenvalue weighted by Gasteiger charge is -2.11. The molecular weight excluding hydrogens is 188 g/mol. The van der Waals surface area contributed by atoms with Crippen molar-refractivity contribution in [2.24, 2.45) is 11.5 Å². The highest BCUT2D eigenvalue weighted by atomic mass is 35.5. The standard InChI is InChI=1S/C9H13ClN2O/c10-8-3-1-2-4-9(8)13-6-7(12)5-11/h1-4,7H,5-6,11-12H2. The summed E-state index contributed by atoms with van der Waals surface area (Å²) in [6.45, 7) is 0.796. The number of rotatable bonds is 4. The molecule has 4 heteroatoms. The van der Waals surface area contributed by atoms with Gasteiger partial charge in [-0.3, -0.25) is 0 Å². The van der Waals surface area contributed by atoms with Crippen molar-refractivity contribution in [2.45, 2.75) is 6.04 Å². The Morgan fingerprint density at radius 1 is 1.38 bits per heavy atom. The van der Waals surface area contributed by atoms with Crippen molar-refractivity contribution in [3.8, 4) is 5.75 Å². The van der Waals surface area contributed by atoms with Gasteiger partial charge in [-0.2, -0.15) is 0 Å². The number of ether oxygens (including phenoxy) is 1. The van der Waals surface area contributed by atoms with Crippen LogP contribution in [0.1, 0.15) is 0 Å². The van der Waals surface area contributed by atoms with Crippen LogP contribution in [-0.2, 0) is 0 Å². The van der Waals surface area contributed by atoms with E-state index >= 15 is 0 Å². The van der Waals surface area contributed by atoms with E-state index in [0.717, 1.165) is 0 Å². The van der Waals surface area contributed by atoms with Crippen molar-refractivity contribution in [2.75, 3.05) is 13.2 Å². The summed E-state index contributed by atoms with van der Waals surface area (Å²) in [6.07, 6.45) is 0. The van der Waals surface area contributed by atoms with E-state index in [1.54, 1.807) is 12.1 Å². The highest BCUT2D eigenvalue weighted by Crippen LogP contribution is 2.22. The number of para-hydroxylation sites is 1. The minimum atomic E-state index is -0.142. The van der Waals surface area contributed by atoms with E-state index < -0.39 is 0 Å². The second kappa shape index (κ2) is 5.07. The van der Waals surface area contributed by atoms with Gasteiger partial charge in [-0.05, 0) is 12.1 Å². The number of nitrogens with two attached hydrogens (primary N) is 2. The summed E-state index contributed by atoms with van der Waals surface area (Å²) in [5.74, 6) is 0.646. The molecule has 0 fully saturated rings. The van der Waals surface area contributed by atoms with Crippen molar-refractivity contribution in [1.82, 2.24) is 0 Å². The fourth-order valence-corrected chi connectivity index (χ4v) is 1.02. The molecule has 0 aromatic heterocycles. The Kier molecular flexibility index (Phi) is 4.02. The average molecular weight is 201 g/mol. The van der Waals surface area contributed by atoms with Crippen LogP contribution in [-0.4, -0.2) is 19.2 Å². The molecule has 0 heterocycles. The molecule has 1 atom stereocenters. The number of benzene rings is 1. The van der Waals surface area contributed by atoms with Gasteiger partial charge in [0, 0.05) is 6.54 Å². The minimum absolute atomic E-state index is 0.142. The molecule has 0 spiro atoms. The second-order valence-corrected chi connectivity index (χ2v) is 3.14. The summed E-state index contributed by atoms with van der Waals surface area (Å²) in [6, 6.07) is 7.13. The molecule has 0 saturated carbocycles. The van der Waals surface area contributed by atoms with E-state index in [9.17, 15) is 0 Å². The number of halogens is 1. The van der Waals surface area contributed by atoms with Gasteiger partial charge >= 0.3 is 0 Å². The van der Waals surface area contributed by atoms with Gasteiger partial charge in [0.05, 0.1) is 11.1 Å². The molecule has 0 radical (unpaired) electrons. The van der Waals surface area contributed by atoms with Crippen LogP contribution in [0, 0.1) is 0 Å². The molecule has 0 aliphatic rings. The summed E-state index contributed by atoms with van der Waals surface area (Å²) in [5, 5.41) is 0.590. The van der Waals surface area contributed by atoms with E-state index in [1.165, 1.54) is 0 Å². The highest BCUT2D eigenvalue weighted by Gasteiger charge is 2.03. The van der Waals surface area contributed by atoms with Crippen molar-refractivity contribution < 1.29 is 4.74 Å². The maximum absolute atomic E-state index is 5.85. The predicted octanol–water partition coefficient (Wildman–Crippen LogP) is 1.00. The second-order valence-electron chi connectivity index (χ2n) is 2.74. The summed E-state index contributed by atoms with van der Waals surface area (Å²) in [5.41, 5.74) is 10.9. The third-order valence-electron chi connectivity index (χ3n) is 1.59. The van der Waals surface area contributed by atoms with Crippen molar-refractivity contribution >= 4 is 11.6 Å². The maximum atomic E-state index is 5.85. The SMILES string of the molecule is NCC(N)COc1ccccc1Cl. The van der Waals surface area contributed by atoms with E-state index in [1.807, 2.05) is 12.1 Å². The van der Waals surface area contributed by atoms with E-state index in [0.29, 0.717) is 23.9 Å². The molecule has 1 aromatic rings. The van der Waals surface area contributed by atoms with Gasteiger partial charge in [-0.1, -0.05) is 23.7 Å². The summed E-state index contributed by atoms with van der Waals surface area (Å²) >= 11 is 5.85. The van der Waals surface area contributed by atoms with Crippen molar-refractivity contribution in [1.29, 1.82) is 0 Å². The monoisotopic (exact) mass is 200 g/mol. The highest BCUT2D eigenvalue weighted by molar-refractivity contribution is 6.32. The molecule has 1 aromatic carbocycles. The molecule has 0 aliphatic carbocycles. The van der Waals surface area contributed by atoms with Crippen LogP contribution in [0.15, 0.2) is 24.3 Å². The topological polar surface area (TPSA) is 61.3 Å². The number of hydrogen-bond acceptors (Lipinski definition) is 3. The maximum Gasteiger partial charge on any atom is 0.137 e. The van der Waals surface area contributed by atoms with Gasteiger partial charge in [0.1, 0.15) is 12.4 Å². The van der Waals surface area contributed by atoms with Crippen LogP contribution < -0.4 is 16.2 Å². The zero-order chi connectivity index (χ0) is 9.68. The Morgan fingerprint density at radius 3 is 2.69 bits per heavy atom. The third-order valence-corrected chi connectivity index (χ3v) is 1.90. The third kappa shape index (κ3) is 3.22. The Hall–Kier alpha value is -0.770. The van der Waals surface area contributed by atoms with Crippen LogP contribution in [0.2, 0.25) is 5.02 Å². The zero-order valence-electron chi connectivity index (χ0n) is 7.24. The zero-order valence-corrected chi connectivity index (χ0v) is 8.00. The first-order valence-electron chi connectivity index (χ1n) is 4.07. The van der Waals surface area contributed by atoms with Crippen molar-refractivity contribution in [3.05, 3.63) is 29.3 Å². The molecule has 3 nitrogen and oxygen atoms in total. The summed E-state index contributed by atoms with van der Waals surface area (Å²) in [7, 11) is 0. The molecule has 4 N–H and O–H groups in total. The van der Waals surface area contributed by atoms with E-state index in [-0.39, 0.29) is 6.04 Å². The largest absolute Gasteiger partial charge is 0.490 e. The Morgan fingerprint density at radius 2 is 2.08 bits per heavy atom. The molecule has 72 valence electrons. The molecule has 1 rings (SSSR count). The lowest BCUT2D eigenvalue weighted by molar-refractivity contribution is 0.291. The van der Waals surface area contributed by atoms with Crippen LogP contribution in [0.5, 0.6) is 5.75 Å². The van der Waals surface area contributed by atoms with E-state index in [4.69, 9.17) is 27.8 Å². The van der Waals surface area contributed by atoms with E-state index in [2.05, 4.69) is 0 Å². The lowest BCUT2D eigenvalue weighted by atomic mass is 10.3. The van der Waals surface area contributed by atoms with Crippen LogP contribution in [0.3, 0.4) is 0 Å². The first-order chi connectivity index (χ1) is 6.24. The first kappa shape index (κ1) is 10.3. The predicted molar refractivity (Wildman–Crippen MR) is 54.0 cm³/mol. The molecule has 1 unspecified atom stereocenters. The quantitative estimate of drug-likeness (QED) is 0.763. The molecule has 13 heavy (non-hydrogen) atoms. The van der Waals surface area contributed by atoms with Crippen LogP contribution in [0.25, 0.3) is 0 Å². The molecular formula is C9H13ClN2O. The van der Waals surface area contributed by atoms with Crippen molar-refractivity contribution in [3.63, 3.8) is 0 Å². The smallest absolute Gasteiger partial charge is 0.137 e. The Balaban J connectivity index is 2.50. The van der Waals surface area contributed by atoms with Gasteiger partial charge in [0.15, 0.2) is 0 Å². The van der Waals surface area contributed by atoms with Gasteiger partial charge in [0.2, 0.25) is 0 Å². The fraction of sp³-hybridized carbons (Fsp3) is 0.333. The van der Waals surface area contributed by atoms with Gasteiger partial charge in [0.25, 0.3) is 0 Å². The minimum Gasteiger partial charge on any atom is -0.490 e. The fourth-order valence-electron chi connectivity index (χ4n) is 0.827. The summed E-state index contributed by atoms with van der Waals surface area (Å²) in [4.78, 5) is 0. The molecule has 0 amide bonds. The molecule has 0 bridgehead atoms. The average Bonchev–Trinajstić information content (AvgIpc) is 2.16. The van der Waals surface area contributed by atoms with Crippen LogP contribution >= 0.6 is 11.6 Å². The number of hydrogen-bond donors (Lipinski definition) is 2. The lowest BCUT2D eigenvalue weighted by Crippen LogP contribution is -2.35. The van der Waals surface area contributed by atoms with Gasteiger partial charge in [-0.15, -0.1) is 0 Å². The van der Waals surface area contributed by atoms with Crippen LogP contribution in [0.4, 0.5) is 0 Å².